The Hall–Kier alpha value is -1.10. The molecule has 1 aliphatic rings. The fraction of sp³-hybridized carbons (Fsp3) is 0.667. The Bertz CT molecular complexity index is 585. The smallest absolute Gasteiger partial charge is 0.223 e. The van der Waals surface area contributed by atoms with Gasteiger partial charge in [0.1, 0.15) is 0 Å². The molecule has 0 saturated carbocycles. The molecule has 4 atom stereocenters. The highest BCUT2D eigenvalue weighted by Crippen LogP contribution is 2.30. The topological polar surface area (TPSA) is 43.8 Å². The van der Waals surface area contributed by atoms with E-state index in [4.69, 9.17) is 11.6 Å². The lowest BCUT2D eigenvalue weighted by Crippen LogP contribution is -2.57. The van der Waals surface area contributed by atoms with Crippen molar-refractivity contribution in [3.05, 3.63) is 34.9 Å². The lowest BCUT2D eigenvalue weighted by Gasteiger charge is -2.44. The molecule has 0 bridgehead atoms. The molecular weight excluding hydrogens is 348 g/mol. The number of halogens is 1. The molecule has 0 spiro atoms. The number of carbonyl (C=O) groups is 1. The Balaban J connectivity index is 2.29. The van der Waals surface area contributed by atoms with E-state index in [1.807, 2.05) is 29.2 Å². The molecule has 146 valence electrons. The molecule has 1 heterocycles. The van der Waals surface area contributed by atoms with Crippen molar-refractivity contribution in [2.75, 3.05) is 6.61 Å². The van der Waals surface area contributed by atoms with E-state index in [1.54, 1.807) is 0 Å². The number of hydrogen-bond donors (Lipinski definition) is 1. The molecule has 1 amide bonds. The van der Waals surface area contributed by atoms with E-state index >= 15 is 0 Å². The lowest BCUT2D eigenvalue weighted by molar-refractivity contribution is -0.131. The number of benzene rings is 1. The van der Waals surface area contributed by atoms with Gasteiger partial charge >= 0.3 is 0 Å². The first kappa shape index (κ1) is 21.2. The van der Waals surface area contributed by atoms with E-state index < -0.39 is 0 Å². The van der Waals surface area contributed by atoms with Crippen molar-refractivity contribution in [2.45, 2.75) is 84.1 Å². The first-order valence-electron chi connectivity index (χ1n) is 9.85. The first-order valence-corrected chi connectivity index (χ1v) is 10.2. The minimum absolute atomic E-state index is 0.0202. The summed E-state index contributed by atoms with van der Waals surface area (Å²) in [5.41, 5.74) is 0.963. The number of rotatable bonds is 9. The molecule has 1 aromatic carbocycles. The highest BCUT2D eigenvalue weighted by molar-refractivity contribution is 6.31. The van der Waals surface area contributed by atoms with Gasteiger partial charge in [-0.3, -0.25) is 9.69 Å². The second-order valence-electron chi connectivity index (χ2n) is 7.43. The van der Waals surface area contributed by atoms with Crippen molar-refractivity contribution in [3.8, 4) is 0 Å². The van der Waals surface area contributed by atoms with Crippen molar-refractivity contribution < 1.29 is 9.90 Å². The maximum absolute atomic E-state index is 12.6. The predicted molar refractivity (Wildman–Crippen MR) is 107 cm³/mol. The van der Waals surface area contributed by atoms with E-state index in [0.29, 0.717) is 30.1 Å². The summed E-state index contributed by atoms with van der Waals surface area (Å²) in [6.45, 7) is 9.35. The number of nitrogens with zero attached hydrogens (tertiary/aromatic N) is 2. The van der Waals surface area contributed by atoms with Crippen LogP contribution >= 0.6 is 11.6 Å². The molecule has 1 aliphatic heterocycles. The number of carbonyl (C=O) groups excluding carboxylic acids is 1. The molecule has 1 fully saturated rings. The highest BCUT2D eigenvalue weighted by Gasteiger charge is 2.41. The van der Waals surface area contributed by atoms with Crippen LogP contribution in [0.25, 0.3) is 0 Å². The first-order chi connectivity index (χ1) is 12.4. The third-order valence-electron chi connectivity index (χ3n) is 5.89. The zero-order valence-corrected chi connectivity index (χ0v) is 17.2. The molecule has 2 rings (SSSR count). The monoisotopic (exact) mass is 380 g/mol. The Morgan fingerprint density at radius 2 is 1.85 bits per heavy atom. The summed E-state index contributed by atoms with van der Waals surface area (Å²) < 4.78 is 0. The largest absolute Gasteiger partial charge is 0.395 e. The second-order valence-corrected chi connectivity index (χ2v) is 7.84. The van der Waals surface area contributed by atoms with E-state index in [1.165, 1.54) is 0 Å². The van der Waals surface area contributed by atoms with Crippen molar-refractivity contribution in [2.24, 2.45) is 0 Å². The second kappa shape index (κ2) is 9.72. The van der Waals surface area contributed by atoms with Crippen LogP contribution in [0.3, 0.4) is 0 Å². The molecule has 0 aliphatic carbocycles. The van der Waals surface area contributed by atoms with Gasteiger partial charge < -0.3 is 10.0 Å². The summed E-state index contributed by atoms with van der Waals surface area (Å²) in [7, 11) is 0. The van der Waals surface area contributed by atoms with Gasteiger partial charge in [-0.05, 0) is 44.7 Å². The van der Waals surface area contributed by atoms with Crippen molar-refractivity contribution in [1.82, 2.24) is 9.80 Å². The van der Waals surface area contributed by atoms with E-state index in [-0.39, 0.29) is 24.6 Å². The lowest BCUT2D eigenvalue weighted by atomic mass is 9.98. The molecule has 0 aromatic heterocycles. The van der Waals surface area contributed by atoms with Crippen LogP contribution in [0.2, 0.25) is 5.02 Å². The Morgan fingerprint density at radius 1 is 1.23 bits per heavy atom. The number of likely N-dealkylation sites (tertiary alicyclic amines) is 1. The standard InChI is InChI=1S/C21H33ClN2O2/c1-5-15(3)24(16(4)6-2)20(14-25)19-11-12-21(26)23(19)13-17-9-7-8-10-18(17)22/h7-10,15-16,19-20,25H,5-6,11-14H2,1-4H3/t15-,16+,19-,20+/m0/s1. The van der Waals surface area contributed by atoms with Gasteiger partial charge in [0, 0.05) is 30.1 Å². The third kappa shape index (κ3) is 4.59. The summed E-state index contributed by atoms with van der Waals surface area (Å²) in [6.07, 6.45) is 3.37. The Labute approximate surface area is 163 Å². The van der Waals surface area contributed by atoms with Crippen LogP contribution in [-0.4, -0.2) is 51.6 Å². The summed E-state index contributed by atoms with van der Waals surface area (Å²) in [5.74, 6) is 0.154. The third-order valence-corrected chi connectivity index (χ3v) is 6.26. The summed E-state index contributed by atoms with van der Waals surface area (Å²) >= 11 is 6.32. The van der Waals surface area contributed by atoms with E-state index in [9.17, 15) is 9.90 Å². The van der Waals surface area contributed by atoms with Crippen LogP contribution in [0, 0.1) is 0 Å². The van der Waals surface area contributed by atoms with Crippen LogP contribution in [0.15, 0.2) is 24.3 Å². The average Bonchev–Trinajstić information content (AvgIpc) is 3.00. The van der Waals surface area contributed by atoms with Gasteiger partial charge in [0.15, 0.2) is 0 Å². The molecule has 0 radical (unpaired) electrons. The van der Waals surface area contributed by atoms with Gasteiger partial charge in [0.2, 0.25) is 5.91 Å². The minimum atomic E-state index is -0.0474. The quantitative estimate of drug-likeness (QED) is 0.701. The Morgan fingerprint density at radius 3 is 2.38 bits per heavy atom. The van der Waals surface area contributed by atoms with Crippen molar-refractivity contribution in [3.63, 3.8) is 0 Å². The van der Waals surface area contributed by atoms with Crippen LogP contribution in [0.5, 0.6) is 0 Å². The number of amides is 1. The number of hydrogen-bond acceptors (Lipinski definition) is 3. The maximum atomic E-state index is 12.6. The zero-order valence-electron chi connectivity index (χ0n) is 16.5. The van der Waals surface area contributed by atoms with Gasteiger partial charge in [0.25, 0.3) is 0 Å². The summed E-state index contributed by atoms with van der Waals surface area (Å²) in [6, 6.07) is 8.38. The van der Waals surface area contributed by atoms with Crippen LogP contribution in [-0.2, 0) is 11.3 Å². The molecule has 1 aromatic rings. The zero-order chi connectivity index (χ0) is 19.3. The molecule has 1 saturated heterocycles. The van der Waals surface area contributed by atoms with Gasteiger partial charge in [-0.2, -0.15) is 0 Å². The molecule has 26 heavy (non-hydrogen) atoms. The van der Waals surface area contributed by atoms with Gasteiger partial charge in [0.05, 0.1) is 18.7 Å². The molecule has 5 heteroatoms. The highest BCUT2D eigenvalue weighted by atomic mass is 35.5. The van der Waals surface area contributed by atoms with Crippen molar-refractivity contribution >= 4 is 17.5 Å². The number of aliphatic hydroxyl groups excluding tert-OH is 1. The van der Waals surface area contributed by atoms with Gasteiger partial charge in [-0.1, -0.05) is 43.6 Å². The molecule has 0 unspecified atom stereocenters. The van der Waals surface area contributed by atoms with E-state index in [0.717, 1.165) is 24.8 Å². The molecular formula is C21H33ClN2O2. The van der Waals surface area contributed by atoms with Crippen molar-refractivity contribution in [1.29, 1.82) is 0 Å². The fourth-order valence-electron chi connectivity index (χ4n) is 4.10. The minimum Gasteiger partial charge on any atom is -0.395 e. The Kier molecular flexibility index (Phi) is 7.93. The number of aliphatic hydroxyl groups is 1. The van der Waals surface area contributed by atoms with Crippen LogP contribution in [0.4, 0.5) is 0 Å². The maximum Gasteiger partial charge on any atom is 0.223 e. The molecule has 1 N–H and O–H groups in total. The summed E-state index contributed by atoms with van der Waals surface area (Å²) in [4.78, 5) is 17.0. The van der Waals surface area contributed by atoms with E-state index in [2.05, 4.69) is 32.6 Å². The van der Waals surface area contributed by atoms with Gasteiger partial charge in [-0.25, -0.2) is 0 Å². The SMILES string of the molecule is CC[C@@H](C)N([C@H](CO)[C@@H]1CCC(=O)N1Cc1ccccc1Cl)[C@@H](C)CC. The van der Waals surface area contributed by atoms with Gasteiger partial charge in [-0.15, -0.1) is 0 Å². The van der Waals surface area contributed by atoms with Crippen LogP contribution < -0.4 is 0 Å². The van der Waals surface area contributed by atoms with Crippen LogP contribution in [0.1, 0.15) is 58.9 Å². The fourth-order valence-corrected chi connectivity index (χ4v) is 4.29. The predicted octanol–water partition coefficient (Wildman–Crippen LogP) is 4.09. The summed E-state index contributed by atoms with van der Waals surface area (Å²) in [5, 5.41) is 11.0. The molecule has 4 nitrogen and oxygen atoms in total. The normalized spacial score (nSPS) is 21.3. The average molecular weight is 381 g/mol.